The van der Waals surface area contributed by atoms with Gasteiger partial charge in [-0.3, -0.25) is 4.90 Å². The van der Waals surface area contributed by atoms with E-state index in [1.54, 1.807) is 12.5 Å². The van der Waals surface area contributed by atoms with Gasteiger partial charge in [-0.25, -0.2) is 15.0 Å². The minimum Gasteiger partial charge on any atom is -0.448 e. The Morgan fingerprint density at radius 3 is 2.83 bits per heavy atom. The Balaban J connectivity index is 1.53. The number of nitrogens with zero attached hydrogens (tertiary/aromatic N) is 4. The monoisotopic (exact) mass is 326 g/mol. The SMILES string of the molecule is Clc1ccc(-c2ncc3c(n2)CCN(Cc2ncco2)C3)cc1. The van der Waals surface area contributed by atoms with Crippen LogP contribution >= 0.6 is 11.6 Å². The van der Waals surface area contributed by atoms with Gasteiger partial charge in [0.05, 0.1) is 18.4 Å². The van der Waals surface area contributed by atoms with Gasteiger partial charge in [-0.15, -0.1) is 0 Å². The number of fused-ring (bicyclic) bond motifs is 1. The Hall–Kier alpha value is -2.24. The molecule has 0 bridgehead atoms. The third-order valence-electron chi connectivity index (χ3n) is 3.96. The lowest BCUT2D eigenvalue weighted by molar-refractivity contribution is 0.219. The van der Waals surface area contributed by atoms with Crippen molar-refractivity contribution in [2.45, 2.75) is 19.5 Å². The summed E-state index contributed by atoms with van der Waals surface area (Å²) in [7, 11) is 0. The zero-order chi connectivity index (χ0) is 15.6. The Labute approximate surface area is 139 Å². The maximum absolute atomic E-state index is 5.93. The molecule has 1 aliphatic rings. The Kier molecular flexibility index (Phi) is 3.81. The number of hydrogen-bond acceptors (Lipinski definition) is 5. The minimum absolute atomic E-state index is 0.714. The van der Waals surface area contributed by atoms with E-state index in [-0.39, 0.29) is 0 Å². The molecule has 0 N–H and O–H groups in total. The molecule has 2 aromatic heterocycles. The molecule has 0 radical (unpaired) electrons. The van der Waals surface area contributed by atoms with E-state index in [0.717, 1.165) is 42.5 Å². The summed E-state index contributed by atoms with van der Waals surface area (Å²) in [6.07, 6.45) is 6.11. The van der Waals surface area contributed by atoms with E-state index in [0.29, 0.717) is 11.6 Å². The molecule has 0 spiro atoms. The van der Waals surface area contributed by atoms with E-state index in [4.69, 9.17) is 21.0 Å². The molecule has 0 fully saturated rings. The first kappa shape index (κ1) is 14.4. The first-order valence-corrected chi connectivity index (χ1v) is 7.87. The van der Waals surface area contributed by atoms with E-state index in [9.17, 15) is 0 Å². The predicted molar refractivity (Wildman–Crippen MR) is 86.8 cm³/mol. The van der Waals surface area contributed by atoms with E-state index in [2.05, 4.69) is 14.9 Å². The average molecular weight is 327 g/mol. The largest absolute Gasteiger partial charge is 0.448 e. The Morgan fingerprint density at radius 2 is 2.04 bits per heavy atom. The van der Waals surface area contributed by atoms with Crippen LogP contribution in [0.4, 0.5) is 0 Å². The van der Waals surface area contributed by atoms with Gasteiger partial charge < -0.3 is 4.42 Å². The summed E-state index contributed by atoms with van der Waals surface area (Å²) in [5, 5.41) is 0.717. The fraction of sp³-hybridized carbons (Fsp3) is 0.235. The molecule has 0 saturated heterocycles. The smallest absolute Gasteiger partial charge is 0.208 e. The molecule has 0 saturated carbocycles. The van der Waals surface area contributed by atoms with Gasteiger partial charge in [0.15, 0.2) is 5.82 Å². The minimum atomic E-state index is 0.714. The molecule has 3 heterocycles. The summed E-state index contributed by atoms with van der Waals surface area (Å²) >= 11 is 5.93. The van der Waals surface area contributed by atoms with Crippen LogP contribution in [-0.4, -0.2) is 26.4 Å². The molecule has 1 aromatic carbocycles. The molecule has 0 atom stereocenters. The lowest BCUT2D eigenvalue weighted by Gasteiger charge is -2.26. The van der Waals surface area contributed by atoms with Crippen LogP contribution in [0, 0.1) is 0 Å². The van der Waals surface area contributed by atoms with E-state index >= 15 is 0 Å². The van der Waals surface area contributed by atoms with Gasteiger partial charge in [0.25, 0.3) is 0 Å². The van der Waals surface area contributed by atoms with Crippen LogP contribution in [0.15, 0.2) is 47.3 Å². The number of halogens is 1. The Bertz CT molecular complexity index is 802. The highest BCUT2D eigenvalue weighted by Crippen LogP contribution is 2.23. The van der Waals surface area contributed by atoms with Crippen LogP contribution in [0.5, 0.6) is 0 Å². The molecule has 3 aromatic rings. The first-order chi connectivity index (χ1) is 11.3. The highest BCUT2D eigenvalue weighted by molar-refractivity contribution is 6.30. The van der Waals surface area contributed by atoms with Crippen molar-refractivity contribution < 1.29 is 4.42 Å². The zero-order valence-electron chi connectivity index (χ0n) is 12.4. The summed E-state index contributed by atoms with van der Waals surface area (Å²) in [4.78, 5) is 15.7. The van der Waals surface area contributed by atoms with Crippen molar-refractivity contribution in [3.63, 3.8) is 0 Å². The quantitative estimate of drug-likeness (QED) is 0.739. The van der Waals surface area contributed by atoms with Gasteiger partial charge in [0.2, 0.25) is 5.89 Å². The highest BCUT2D eigenvalue weighted by Gasteiger charge is 2.20. The third kappa shape index (κ3) is 3.11. The van der Waals surface area contributed by atoms with Crippen molar-refractivity contribution in [1.29, 1.82) is 0 Å². The van der Waals surface area contributed by atoms with Gasteiger partial charge in [-0.1, -0.05) is 11.6 Å². The molecule has 0 aliphatic carbocycles. The van der Waals surface area contributed by atoms with Crippen molar-refractivity contribution >= 4 is 11.6 Å². The molecule has 23 heavy (non-hydrogen) atoms. The van der Waals surface area contributed by atoms with Crippen LogP contribution in [0.2, 0.25) is 5.02 Å². The molecule has 116 valence electrons. The topological polar surface area (TPSA) is 55.1 Å². The number of oxazole rings is 1. The van der Waals surface area contributed by atoms with Gasteiger partial charge >= 0.3 is 0 Å². The Morgan fingerprint density at radius 1 is 1.17 bits per heavy atom. The van der Waals surface area contributed by atoms with Crippen molar-refractivity contribution in [3.8, 4) is 11.4 Å². The molecule has 6 heteroatoms. The maximum Gasteiger partial charge on any atom is 0.208 e. The number of hydrogen-bond donors (Lipinski definition) is 0. The van der Waals surface area contributed by atoms with E-state index in [1.165, 1.54) is 5.56 Å². The summed E-state index contributed by atoms with van der Waals surface area (Å²) in [5.74, 6) is 1.49. The summed E-state index contributed by atoms with van der Waals surface area (Å²) in [6.45, 7) is 2.47. The van der Waals surface area contributed by atoms with Crippen LogP contribution in [0.1, 0.15) is 17.1 Å². The molecule has 1 aliphatic heterocycles. The molecule has 5 nitrogen and oxygen atoms in total. The summed E-state index contributed by atoms with van der Waals surface area (Å²) in [5.41, 5.74) is 3.27. The van der Waals surface area contributed by atoms with Gasteiger partial charge in [0.1, 0.15) is 6.26 Å². The fourth-order valence-corrected chi connectivity index (χ4v) is 2.90. The normalized spacial score (nSPS) is 14.7. The second-order valence-corrected chi connectivity index (χ2v) is 6.00. The second kappa shape index (κ2) is 6.10. The number of rotatable bonds is 3. The predicted octanol–water partition coefficient (Wildman–Crippen LogP) is 3.34. The van der Waals surface area contributed by atoms with E-state index in [1.807, 2.05) is 30.5 Å². The summed E-state index contributed by atoms with van der Waals surface area (Å²) in [6, 6.07) is 7.61. The lowest BCUT2D eigenvalue weighted by atomic mass is 10.1. The molecule has 0 unspecified atom stereocenters. The van der Waals surface area contributed by atoms with Gasteiger partial charge in [-0.05, 0) is 24.3 Å². The van der Waals surface area contributed by atoms with Crippen LogP contribution in [0.25, 0.3) is 11.4 Å². The van der Waals surface area contributed by atoms with Crippen molar-refractivity contribution in [2.24, 2.45) is 0 Å². The molecular formula is C17H15ClN4O. The average Bonchev–Trinajstić information content (AvgIpc) is 3.08. The second-order valence-electron chi connectivity index (χ2n) is 5.56. The number of aromatic nitrogens is 3. The molecule has 0 amide bonds. The first-order valence-electron chi connectivity index (χ1n) is 7.49. The molecular weight excluding hydrogens is 312 g/mol. The highest BCUT2D eigenvalue weighted by atomic mass is 35.5. The molecule has 4 rings (SSSR count). The fourth-order valence-electron chi connectivity index (χ4n) is 2.77. The maximum atomic E-state index is 5.93. The van der Waals surface area contributed by atoms with Crippen molar-refractivity contribution in [1.82, 2.24) is 19.9 Å². The standard InChI is InChI=1S/C17H15ClN4O/c18-14-3-1-12(2-4-14)17-20-9-13-10-22(7-5-15(13)21-17)11-16-19-6-8-23-16/h1-4,6,8-9H,5,7,10-11H2. The van der Waals surface area contributed by atoms with Crippen LogP contribution in [0.3, 0.4) is 0 Å². The number of benzene rings is 1. The van der Waals surface area contributed by atoms with E-state index < -0.39 is 0 Å². The third-order valence-corrected chi connectivity index (χ3v) is 4.21. The summed E-state index contributed by atoms with van der Waals surface area (Å²) < 4.78 is 5.32. The van der Waals surface area contributed by atoms with Gasteiger partial charge in [-0.2, -0.15) is 0 Å². The van der Waals surface area contributed by atoms with Crippen molar-refractivity contribution in [3.05, 3.63) is 65.1 Å². The lowest BCUT2D eigenvalue weighted by Crippen LogP contribution is -2.31. The van der Waals surface area contributed by atoms with Gasteiger partial charge in [0, 0.05) is 41.9 Å². The van der Waals surface area contributed by atoms with Crippen molar-refractivity contribution in [2.75, 3.05) is 6.54 Å². The van der Waals surface area contributed by atoms with Crippen LogP contribution < -0.4 is 0 Å². The zero-order valence-corrected chi connectivity index (χ0v) is 13.2. The van der Waals surface area contributed by atoms with Crippen LogP contribution in [-0.2, 0) is 19.5 Å².